The van der Waals surface area contributed by atoms with Gasteiger partial charge in [-0.05, 0) is 49.7 Å². The Morgan fingerprint density at radius 3 is 2.59 bits per heavy atom. The van der Waals surface area contributed by atoms with E-state index < -0.39 is 12.0 Å². The maximum atomic E-state index is 12.6. The number of aliphatic carboxylic acids is 1. The quantitative estimate of drug-likeness (QED) is 0.739. The van der Waals surface area contributed by atoms with E-state index in [1.165, 1.54) is 4.68 Å². The van der Waals surface area contributed by atoms with E-state index in [-0.39, 0.29) is 29.2 Å². The summed E-state index contributed by atoms with van der Waals surface area (Å²) in [6.45, 7) is 4.15. The van der Waals surface area contributed by atoms with Crippen LogP contribution < -0.4 is 16.0 Å². The van der Waals surface area contributed by atoms with Crippen molar-refractivity contribution < 1.29 is 14.7 Å². The molecule has 1 amide bonds. The number of carboxylic acid groups (broad SMARTS) is 1. The lowest BCUT2D eigenvalue weighted by Gasteiger charge is -2.31. The molecule has 2 aromatic rings. The van der Waals surface area contributed by atoms with Gasteiger partial charge in [0.15, 0.2) is 0 Å². The lowest BCUT2D eigenvalue weighted by Crippen LogP contribution is -2.53. The van der Waals surface area contributed by atoms with Crippen molar-refractivity contribution in [3.63, 3.8) is 0 Å². The van der Waals surface area contributed by atoms with Crippen molar-refractivity contribution in [2.75, 3.05) is 0 Å². The number of benzene rings is 1. The average molecular weight is 399 g/mol. The average Bonchev–Trinajstić information content (AvgIpc) is 2.73. The lowest BCUT2D eigenvalue weighted by molar-refractivity contribution is -0.309. The fourth-order valence-electron chi connectivity index (χ4n) is 3.94. The molecule has 0 bridgehead atoms. The molecule has 1 aromatic heterocycles. The van der Waals surface area contributed by atoms with Crippen LogP contribution in [0.2, 0.25) is 0 Å². The molecule has 1 aliphatic carbocycles. The SMILES string of the molecule is CC[C@@H](C)[C@H](NC(=O)C1CCC(Cn2nnc3ccccc3c2=O)CC1)C(=O)[O-]. The van der Waals surface area contributed by atoms with Gasteiger partial charge in [-0.1, -0.05) is 37.6 Å². The number of fused-ring (bicyclic) bond motifs is 1. The number of nitrogens with one attached hydrogen (secondary N) is 1. The van der Waals surface area contributed by atoms with Crippen LogP contribution in [0.15, 0.2) is 29.1 Å². The van der Waals surface area contributed by atoms with Gasteiger partial charge in [-0.3, -0.25) is 9.59 Å². The van der Waals surface area contributed by atoms with E-state index in [1.807, 2.05) is 13.0 Å². The van der Waals surface area contributed by atoms with Gasteiger partial charge in [0.2, 0.25) is 5.91 Å². The molecule has 1 N–H and O–H groups in total. The van der Waals surface area contributed by atoms with E-state index in [4.69, 9.17) is 0 Å². The number of hydrogen-bond acceptors (Lipinski definition) is 6. The van der Waals surface area contributed by atoms with Gasteiger partial charge in [0.05, 0.1) is 17.4 Å². The Hall–Kier alpha value is -2.77. The fourth-order valence-corrected chi connectivity index (χ4v) is 3.94. The second-order valence-corrected chi connectivity index (χ2v) is 8.00. The van der Waals surface area contributed by atoms with Crippen molar-refractivity contribution >= 4 is 22.8 Å². The van der Waals surface area contributed by atoms with Crippen molar-refractivity contribution in [3.05, 3.63) is 34.6 Å². The van der Waals surface area contributed by atoms with E-state index in [9.17, 15) is 19.5 Å². The molecule has 156 valence electrons. The minimum atomic E-state index is -1.24. The number of rotatable bonds is 7. The third-order valence-corrected chi connectivity index (χ3v) is 6.04. The highest BCUT2D eigenvalue weighted by Crippen LogP contribution is 2.30. The second kappa shape index (κ2) is 9.15. The molecule has 1 aromatic carbocycles. The molecule has 1 heterocycles. The summed E-state index contributed by atoms with van der Waals surface area (Å²) in [5, 5.41) is 22.7. The highest BCUT2D eigenvalue weighted by atomic mass is 16.4. The number of carbonyl (C=O) groups excluding carboxylic acids is 2. The zero-order valence-corrected chi connectivity index (χ0v) is 16.8. The smallest absolute Gasteiger partial charge is 0.277 e. The van der Waals surface area contributed by atoms with Crippen LogP contribution >= 0.6 is 0 Å². The molecule has 29 heavy (non-hydrogen) atoms. The summed E-state index contributed by atoms with van der Waals surface area (Å²) in [6, 6.07) is 6.17. The Morgan fingerprint density at radius 2 is 1.93 bits per heavy atom. The second-order valence-electron chi connectivity index (χ2n) is 8.00. The standard InChI is InChI=1S/C21H28N4O4/c1-3-13(2)18(21(28)29)22-19(26)15-10-8-14(9-11-15)12-25-20(27)16-6-4-5-7-17(16)23-24-25/h4-7,13-15,18H,3,8-12H2,1-2H3,(H,22,26)(H,28,29)/p-1/t13-,14?,15?,18+/m1/s1. The van der Waals surface area contributed by atoms with Crippen LogP contribution in [-0.2, 0) is 16.1 Å². The maximum Gasteiger partial charge on any atom is 0.277 e. The summed E-state index contributed by atoms with van der Waals surface area (Å²) in [5.74, 6) is -1.62. The fraction of sp³-hybridized carbons (Fsp3) is 0.571. The zero-order chi connectivity index (χ0) is 21.0. The van der Waals surface area contributed by atoms with Gasteiger partial charge in [-0.25, -0.2) is 4.68 Å². The molecular weight excluding hydrogens is 372 g/mol. The molecule has 8 nitrogen and oxygen atoms in total. The predicted molar refractivity (Wildman–Crippen MR) is 106 cm³/mol. The van der Waals surface area contributed by atoms with Crippen molar-refractivity contribution in [3.8, 4) is 0 Å². The maximum absolute atomic E-state index is 12.6. The van der Waals surface area contributed by atoms with E-state index >= 15 is 0 Å². The first kappa shape index (κ1) is 21.0. The van der Waals surface area contributed by atoms with Crippen molar-refractivity contribution in [2.45, 2.75) is 58.5 Å². The summed E-state index contributed by atoms with van der Waals surface area (Å²) < 4.78 is 1.41. The highest BCUT2D eigenvalue weighted by molar-refractivity contribution is 5.84. The molecule has 1 fully saturated rings. The zero-order valence-electron chi connectivity index (χ0n) is 16.8. The molecule has 0 radical (unpaired) electrons. The number of carbonyl (C=O) groups is 2. The van der Waals surface area contributed by atoms with Gasteiger partial charge in [0.25, 0.3) is 5.56 Å². The van der Waals surface area contributed by atoms with Crippen LogP contribution in [0.25, 0.3) is 10.9 Å². The van der Waals surface area contributed by atoms with E-state index in [0.29, 0.717) is 36.7 Å². The third kappa shape index (κ3) is 4.81. The molecule has 1 saturated carbocycles. The molecule has 0 unspecified atom stereocenters. The molecular formula is C21H27N4O4-. The van der Waals surface area contributed by atoms with Gasteiger partial charge < -0.3 is 15.2 Å². The lowest BCUT2D eigenvalue weighted by atomic mass is 9.81. The van der Waals surface area contributed by atoms with E-state index in [2.05, 4.69) is 15.6 Å². The van der Waals surface area contributed by atoms with Gasteiger partial charge >= 0.3 is 0 Å². The normalized spacial score (nSPS) is 21.4. The van der Waals surface area contributed by atoms with E-state index in [0.717, 1.165) is 12.8 Å². The van der Waals surface area contributed by atoms with Crippen molar-refractivity contribution in [1.29, 1.82) is 0 Å². The molecule has 0 spiro atoms. The summed E-state index contributed by atoms with van der Waals surface area (Å²) in [4.78, 5) is 36.4. The first-order valence-corrected chi connectivity index (χ1v) is 10.2. The Kier molecular flexibility index (Phi) is 6.61. The predicted octanol–water partition coefficient (Wildman–Crippen LogP) is 0.879. The minimum Gasteiger partial charge on any atom is -0.548 e. The Labute approximate surface area is 169 Å². The number of nitrogens with zero attached hydrogens (tertiary/aromatic N) is 3. The van der Waals surface area contributed by atoms with Crippen LogP contribution in [0, 0.1) is 17.8 Å². The van der Waals surface area contributed by atoms with E-state index in [1.54, 1.807) is 25.1 Å². The van der Waals surface area contributed by atoms with Gasteiger partial charge in [0, 0.05) is 12.5 Å². The number of amides is 1. The van der Waals surface area contributed by atoms with Crippen LogP contribution in [-0.4, -0.2) is 32.9 Å². The van der Waals surface area contributed by atoms with Gasteiger partial charge in [-0.15, -0.1) is 5.10 Å². The first-order valence-electron chi connectivity index (χ1n) is 10.2. The van der Waals surface area contributed by atoms with Crippen molar-refractivity contribution in [1.82, 2.24) is 20.3 Å². The van der Waals surface area contributed by atoms with Gasteiger partial charge in [-0.2, -0.15) is 0 Å². The largest absolute Gasteiger partial charge is 0.548 e. The van der Waals surface area contributed by atoms with Gasteiger partial charge in [0.1, 0.15) is 5.52 Å². The molecule has 8 heteroatoms. The van der Waals surface area contributed by atoms with Crippen LogP contribution in [0.1, 0.15) is 46.0 Å². The monoisotopic (exact) mass is 399 g/mol. The summed E-state index contributed by atoms with van der Waals surface area (Å²) >= 11 is 0. The van der Waals surface area contributed by atoms with Crippen LogP contribution in [0.5, 0.6) is 0 Å². The molecule has 0 saturated heterocycles. The third-order valence-electron chi connectivity index (χ3n) is 6.04. The molecule has 1 aliphatic rings. The summed E-state index contributed by atoms with van der Waals surface area (Å²) in [6.07, 6.45) is 3.52. The summed E-state index contributed by atoms with van der Waals surface area (Å²) in [7, 11) is 0. The molecule has 2 atom stereocenters. The molecule has 0 aliphatic heterocycles. The Morgan fingerprint density at radius 1 is 1.24 bits per heavy atom. The highest BCUT2D eigenvalue weighted by Gasteiger charge is 2.29. The molecule has 3 rings (SSSR count). The Bertz CT molecular complexity index is 934. The van der Waals surface area contributed by atoms with Crippen LogP contribution in [0.3, 0.4) is 0 Å². The number of hydrogen-bond donors (Lipinski definition) is 1. The van der Waals surface area contributed by atoms with Crippen LogP contribution in [0.4, 0.5) is 0 Å². The topological polar surface area (TPSA) is 117 Å². The minimum absolute atomic E-state index is 0.152. The number of aromatic nitrogens is 3. The summed E-state index contributed by atoms with van der Waals surface area (Å²) in [5.41, 5.74) is 0.429. The first-order chi connectivity index (χ1) is 13.9. The number of carboxylic acids is 1. The Balaban J connectivity index is 1.58. The van der Waals surface area contributed by atoms with Crippen molar-refractivity contribution in [2.24, 2.45) is 17.8 Å².